The number of alkyl halides is 1. The van der Waals surface area contributed by atoms with Crippen LogP contribution in [0.15, 0.2) is 23.3 Å². The van der Waals surface area contributed by atoms with Gasteiger partial charge in [0.05, 0.1) is 0 Å². The fourth-order valence-electron chi connectivity index (χ4n) is 1.44. The van der Waals surface area contributed by atoms with E-state index in [1.807, 2.05) is 0 Å². The van der Waals surface area contributed by atoms with E-state index in [1.54, 1.807) is 0 Å². The Hall–Kier alpha value is -0.590. The van der Waals surface area contributed by atoms with Gasteiger partial charge in [-0.25, -0.2) is 4.39 Å². The Kier molecular flexibility index (Phi) is 3.34. The number of allylic oxidation sites excluding steroid dienone is 4. The molecule has 62 valence electrons. The van der Waals surface area contributed by atoms with Gasteiger partial charge >= 0.3 is 0 Å². The average Bonchev–Trinajstić information content (AvgIpc) is 2.06. The van der Waals surface area contributed by atoms with Gasteiger partial charge in [0.1, 0.15) is 6.67 Å². The molecule has 0 heterocycles. The first-order chi connectivity index (χ1) is 5.38. The van der Waals surface area contributed by atoms with E-state index in [9.17, 15) is 4.39 Å². The summed E-state index contributed by atoms with van der Waals surface area (Å²) < 4.78 is 12.4. The van der Waals surface area contributed by atoms with E-state index in [-0.39, 0.29) is 6.67 Å². The van der Waals surface area contributed by atoms with Crippen molar-refractivity contribution in [2.75, 3.05) is 6.67 Å². The molecule has 0 N–H and O–H groups in total. The Labute approximate surface area is 67.8 Å². The molecule has 0 saturated heterocycles. The summed E-state index contributed by atoms with van der Waals surface area (Å²) in [5.74, 6) is 0. The molecule has 0 atom stereocenters. The van der Waals surface area contributed by atoms with Crippen LogP contribution in [0.5, 0.6) is 0 Å². The first-order valence-electron chi connectivity index (χ1n) is 4.32. The van der Waals surface area contributed by atoms with Crippen molar-refractivity contribution in [2.45, 2.75) is 32.6 Å². The molecular formula is C10H15F. The van der Waals surface area contributed by atoms with E-state index in [0.29, 0.717) is 0 Å². The molecule has 0 saturated carbocycles. The maximum atomic E-state index is 12.4. The SMILES string of the molecule is CCCC1=C(CF)CCC=C1. The molecule has 0 aliphatic heterocycles. The van der Waals surface area contributed by atoms with Gasteiger partial charge in [0.15, 0.2) is 0 Å². The Bertz CT molecular complexity index is 177. The van der Waals surface area contributed by atoms with Crippen molar-refractivity contribution in [2.24, 2.45) is 0 Å². The predicted molar refractivity (Wildman–Crippen MR) is 46.3 cm³/mol. The maximum absolute atomic E-state index is 12.4. The van der Waals surface area contributed by atoms with Gasteiger partial charge in [0, 0.05) is 0 Å². The second-order valence-corrected chi connectivity index (χ2v) is 2.95. The molecule has 11 heavy (non-hydrogen) atoms. The van der Waals surface area contributed by atoms with Crippen LogP contribution in [0, 0.1) is 0 Å². The minimum Gasteiger partial charge on any atom is -0.246 e. The molecule has 0 bridgehead atoms. The lowest BCUT2D eigenvalue weighted by Crippen LogP contribution is -1.96. The molecule has 1 heteroatoms. The Balaban J connectivity index is 2.66. The van der Waals surface area contributed by atoms with E-state index in [4.69, 9.17) is 0 Å². The maximum Gasteiger partial charge on any atom is 0.111 e. The van der Waals surface area contributed by atoms with Crippen LogP contribution in [0.25, 0.3) is 0 Å². The largest absolute Gasteiger partial charge is 0.246 e. The Morgan fingerprint density at radius 2 is 2.36 bits per heavy atom. The van der Waals surface area contributed by atoms with E-state index < -0.39 is 0 Å². The molecular weight excluding hydrogens is 139 g/mol. The zero-order chi connectivity index (χ0) is 8.10. The highest BCUT2D eigenvalue weighted by molar-refractivity contribution is 5.29. The summed E-state index contributed by atoms with van der Waals surface area (Å²) in [6.45, 7) is 1.88. The smallest absolute Gasteiger partial charge is 0.111 e. The highest BCUT2D eigenvalue weighted by Gasteiger charge is 2.06. The summed E-state index contributed by atoms with van der Waals surface area (Å²) in [4.78, 5) is 0. The van der Waals surface area contributed by atoms with Gasteiger partial charge < -0.3 is 0 Å². The van der Waals surface area contributed by atoms with Crippen molar-refractivity contribution < 1.29 is 4.39 Å². The van der Waals surface area contributed by atoms with Crippen LogP contribution < -0.4 is 0 Å². The van der Waals surface area contributed by atoms with Crippen molar-refractivity contribution in [3.63, 3.8) is 0 Å². The molecule has 0 radical (unpaired) electrons. The standard InChI is InChI=1S/C10H15F/c1-2-5-9-6-3-4-7-10(9)8-11/h3,6H,2,4-5,7-8H2,1H3. The molecule has 0 fully saturated rings. The molecule has 0 unspecified atom stereocenters. The van der Waals surface area contributed by atoms with E-state index in [0.717, 1.165) is 31.3 Å². The number of rotatable bonds is 3. The second-order valence-electron chi connectivity index (χ2n) is 2.95. The number of hydrogen-bond acceptors (Lipinski definition) is 0. The summed E-state index contributed by atoms with van der Waals surface area (Å²) in [7, 11) is 0. The van der Waals surface area contributed by atoms with Crippen LogP contribution in [0.1, 0.15) is 32.6 Å². The lowest BCUT2D eigenvalue weighted by Gasteiger charge is -2.12. The second kappa shape index (κ2) is 4.32. The van der Waals surface area contributed by atoms with Crippen molar-refractivity contribution in [3.05, 3.63) is 23.3 Å². The molecule has 0 spiro atoms. The normalized spacial score (nSPS) is 17.6. The average molecular weight is 154 g/mol. The van der Waals surface area contributed by atoms with Gasteiger partial charge in [-0.05, 0) is 30.4 Å². The van der Waals surface area contributed by atoms with Crippen LogP contribution in [0.3, 0.4) is 0 Å². The van der Waals surface area contributed by atoms with Crippen molar-refractivity contribution in [3.8, 4) is 0 Å². The third-order valence-electron chi connectivity index (χ3n) is 2.07. The molecule has 1 aliphatic rings. The fraction of sp³-hybridized carbons (Fsp3) is 0.600. The highest BCUT2D eigenvalue weighted by atomic mass is 19.1. The van der Waals surface area contributed by atoms with Crippen LogP contribution in [-0.2, 0) is 0 Å². The summed E-state index contributed by atoms with van der Waals surface area (Å²) >= 11 is 0. The fourth-order valence-corrected chi connectivity index (χ4v) is 1.44. The van der Waals surface area contributed by atoms with Crippen LogP contribution >= 0.6 is 0 Å². The molecule has 0 aromatic rings. The van der Waals surface area contributed by atoms with Gasteiger partial charge in [0.2, 0.25) is 0 Å². The van der Waals surface area contributed by atoms with E-state index in [2.05, 4.69) is 19.1 Å². The van der Waals surface area contributed by atoms with Gasteiger partial charge in [-0.3, -0.25) is 0 Å². The molecule has 0 aromatic carbocycles. The summed E-state index contributed by atoms with van der Waals surface area (Å²) in [5.41, 5.74) is 2.26. The summed E-state index contributed by atoms with van der Waals surface area (Å²) in [6.07, 6.45) is 8.33. The Morgan fingerprint density at radius 3 is 3.00 bits per heavy atom. The number of halogens is 1. The zero-order valence-corrected chi connectivity index (χ0v) is 7.07. The zero-order valence-electron chi connectivity index (χ0n) is 7.07. The lowest BCUT2D eigenvalue weighted by molar-refractivity contribution is 0.526. The molecule has 1 aliphatic carbocycles. The van der Waals surface area contributed by atoms with E-state index >= 15 is 0 Å². The topological polar surface area (TPSA) is 0 Å². The lowest BCUT2D eigenvalue weighted by atomic mass is 9.95. The Morgan fingerprint density at radius 1 is 1.55 bits per heavy atom. The predicted octanol–water partition coefficient (Wildman–Crippen LogP) is 3.40. The minimum absolute atomic E-state index is 0.250. The van der Waals surface area contributed by atoms with Crippen molar-refractivity contribution in [1.82, 2.24) is 0 Å². The summed E-state index contributed by atoms with van der Waals surface area (Å²) in [6, 6.07) is 0. The molecule has 0 aromatic heterocycles. The van der Waals surface area contributed by atoms with E-state index in [1.165, 1.54) is 5.57 Å². The molecule has 0 amide bonds. The highest BCUT2D eigenvalue weighted by Crippen LogP contribution is 2.22. The molecule has 0 nitrogen and oxygen atoms in total. The van der Waals surface area contributed by atoms with Gasteiger partial charge in [-0.2, -0.15) is 0 Å². The quantitative estimate of drug-likeness (QED) is 0.584. The monoisotopic (exact) mass is 154 g/mol. The van der Waals surface area contributed by atoms with Crippen LogP contribution in [-0.4, -0.2) is 6.67 Å². The van der Waals surface area contributed by atoms with Gasteiger partial charge in [0.25, 0.3) is 0 Å². The van der Waals surface area contributed by atoms with Gasteiger partial charge in [-0.1, -0.05) is 25.5 Å². The third-order valence-corrected chi connectivity index (χ3v) is 2.07. The first-order valence-corrected chi connectivity index (χ1v) is 4.32. The van der Waals surface area contributed by atoms with Crippen LogP contribution in [0.2, 0.25) is 0 Å². The first kappa shape index (κ1) is 8.51. The van der Waals surface area contributed by atoms with Crippen molar-refractivity contribution in [1.29, 1.82) is 0 Å². The minimum atomic E-state index is -0.250. The third kappa shape index (κ3) is 2.18. The van der Waals surface area contributed by atoms with Gasteiger partial charge in [-0.15, -0.1) is 0 Å². The number of hydrogen-bond donors (Lipinski definition) is 0. The van der Waals surface area contributed by atoms with Crippen molar-refractivity contribution >= 4 is 0 Å². The summed E-state index contributed by atoms with van der Waals surface area (Å²) in [5, 5.41) is 0. The molecule has 1 rings (SSSR count). The van der Waals surface area contributed by atoms with Crippen LogP contribution in [0.4, 0.5) is 4.39 Å².